The van der Waals surface area contributed by atoms with E-state index in [1.807, 2.05) is 36.5 Å². The second-order valence-electron chi connectivity index (χ2n) is 12.2. The summed E-state index contributed by atoms with van der Waals surface area (Å²) in [5, 5.41) is 4.56. The van der Waals surface area contributed by atoms with Gasteiger partial charge in [-0.2, -0.15) is 0 Å². The first-order valence-corrected chi connectivity index (χ1v) is 14.7. The van der Waals surface area contributed by atoms with E-state index in [1.54, 1.807) is 14.2 Å². The van der Waals surface area contributed by atoms with Crippen LogP contribution < -0.4 is 19.5 Å². The van der Waals surface area contributed by atoms with E-state index in [2.05, 4.69) is 60.8 Å². The van der Waals surface area contributed by atoms with Crippen molar-refractivity contribution in [2.24, 2.45) is 17.3 Å². The maximum atomic E-state index is 6.72. The molecular weight excluding hydrogens is 534 g/mol. The van der Waals surface area contributed by atoms with Crippen LogP contribution in [-0.4, -0.2) is 55.0 Å². The lowest BCUT2D eigenvalue weighted by Gasteiger charge is -2.51. The highest BCUT2D eigenvalue weighted by Crippen LogP contribution is 2.44. The van der Waals surface area contributed by atoms with Crippen LogP contribution in [-0.2, 0) is 4.74 Å². The standard InChI is InChI=1S/C33H41N3O4S/c1-7-21-19-36-15-13-22(21)16-29(36)31(40-32(41)35-28-11-8-23(37-5)18-30(28)38-6)25-12-14-34-27-10-9-24(17-26(25)27)39-20-33(2,3)4/h7-12,14,17-18,21-22,29,31H,1,13,15-16,19-20H2,2-6H3,(H,35,41). The summed E-state index contributed by atoms with van der Waals surface area (Å²) in [5.41, 5.74) is 2.71. The molecule has 7 nitrogen and oxygen atoms in total. The number of thiocarbonyl (C=S) groups is 1. The molecule has 2 bridgehead atoms. The first-order chi connectivity index (χ1) is 19.7. The maximum absolute atomic E-state index is 6.72. The molecule has 0 spiro atoms. The molecule has 3 aromatic rings. The smallest absolute Gasteiger partial charge is 0.261 e. The molecule has 218 valence electrons. The Hall–Kier alpha value is -3.36. The fraction of sp³-hybridized carbons (Fsp3) is 0.455. The number of ether oxygens (including phenoxy) is 4. The predicted molar refractivity (Wildman–Crippen MR) is 168 cm³/mol. The van der Waals surface area contributed by atoms with E-state index in [1.165, 1.54) is 6.42 Å². The minimum absolute atomic E-state index is 0.0506. The maximum Gasteiger partial charge on any atom is 0.261 e. The Morgan fingerprint density at radius 2 is 1.95 bits per heavy atom. The van der Waals surface area contributed by atoms with Gasteiger partial charge < -0.3 is 24.3 Å². The fourth-order valence-electron chi connectivity index (χ4n) is 5.98. The van der Waals surface area contributed by atoms with Crippen molar-refractivity contribution < 1.29 is 18.9 Å². The Kier molecular flexibility index (Phi) is 8.71. The van der Waals surface area contributed by atoms with Gasteiger partial charge in [0.05, 0.1) is 38.1 Å². The zero-order valence-electron chi connectivity index (χ0n) is 24.7. The van der Waals surface area contributed by atoms with Gasteiger partial charge in [-0.15, -0.1) is 6.58 Å². The molecule has 1 N–H and O–H groups in total. The number of aromatic nitrogens is 1. The lowest BCUT2D eigenvalue weighted by Crippen LogP contribution is -2.55. The van der Waals surface area contributed by atoms with Crippen LogP contribution in [0.4, 0.5) is 5.69 Å². The third kappa shape index (κ3) is 6.60. The molecule has 5 unspecified atom stereocenters. The molecule has 1 aromatic heterocycles. The highest BCUT2D eigenvalue weighted by atomic mass is 32.1. The third-order valence-corrected chi connectivity index (χ3v) is 8.31. The van der Waals surface area contributed by atoms with Crippen molar-refractivity contribution in [1.29, 1.82) is 0 Å². The summed E-state index contributed by atoms with van der Waals surface area (Å²) in [6, 6.07) is 13.9. The largest absolute Gasteiger partial charge is 0.497 e. The number of nitrogens with one attached hydrogen (secondary N) is 1. The van der Waals surface area contributed by atoms with Crippen LogP contribution in [0.3, 0.4) is 0 Å². The molecule has 3 aliphatic rings. The topological polar surface area (TPSA) is 65.1 Å². The number of pyridine rings is 1. The molecule has 3 fully saturated rings. The number of methoxy groups -OCH3 is 2. The quantitative estimate of drug-likeness (QED) is 0.216. The van der Waals surface area contributed by atoms with Crippen LogP contribution in [0.15, 0.2) is 61.3 Å². The van der Waals surface area contributed by atoms with Crippen LogP contribution >= 0.6 is 12.2 Å². The lowest BCUT2D eigenvalue weighted by atomic mass is 9.73. The van der Waals surface area contributed by atoms with Gasteiger partial charge in [-0.05, 0) is 85.3 Å². The number of piperidine rings is 3. The summed E-state index contributed by atoms with van der Waals surface area (Å²) in [6.45, 7) is 13.2. The summed E-state index contributed by atoms with van der Waals surface area (Å²) in [5.74, 6) is 3.22. The second-order valence-corrected chi connectivity index (χ2v) is 12.6. The molecular formula is C33H41N3O4S. The fourth-order valence-corrected chi connectivity index (χ4v) is 6.20. The van der Waals surface area contributed by atoms with Gasteiger partial charge in [0.2, 0.25) is 0 Å². The number of benzene rings is 2. The average molecular weight is 576 g/mol. The van der Waals surface area contributed by atoms with E-state index >= 15 is 0 Å². The van der Waals surface area contributed by atoms with Crippen molar-refractivity contribution in [2.75, 3.05) is 39.2 Å². The van der Waals surface area contributed by atoms with Crippen LogP contribution in [0, 0.1) is 17.3 Å². The van der Waals surface area contributed by atoms with E-state index in [9.17, 15) is 0 Å². The number of hydrogen-bond acceptors (Lipinski definition) is 7. The van der Waals surface area contributed by atoms with Gasteiger partial charge in [0, 0.05) is 29.8 Å². The van der Waals surface area contributed by atoms with Gasteiger partial charge in [0.15, 0.2) is 0 Å². The molecule has 4 heterocycles. The zero-order chi connectivity index (χ0) is 29.1. The van der Waals surface area contributed by atoms with Crippen molar-refractivity contribution in [3.8, 4) is 17.2 Å². The molecule has 0 radical (unpaired) electrons. The number of fused-ring (bicyclic) bond motifs is 4. The van der Waals surface area contributed by atoms with Crippen LogP contribution in [0.1, 0.15) is 45.3 Å². The molecule has 3 saturated heterocycles. The van der Waals surface area contributed by atoms with Gasteiger partial charge in [-0.3, -0.25) is 9.88 Å². The summed E-state index contributed by atoms with van der Waals surface area (Å²) in [6.07, 6.45) is 5.85. The molecule has 0 saturated carbocycles. The minimum Gasteiger partial charge on any atom is -0.497 e. The summed E-state index contributed by atoms with van der Waals surface area (Å²) in [4.78, 5) is 7.21. The van der Waals surface area contributed by atoms with Crippen molar-refractivity contribution in [2.45, 2.75) is 45.8 Å². The Labute approximate surface area is 248 Å². The highest BCUT2D eigenvalue weighted by molar-refractivity contribution is 7.80. The van der Waals surface area contributed by atoms with Gasteiger partial charge >= 0.3 is 0 Å². The lowest BCUT2D eigenvalue weighted by molar-refractivity contribution is -0.0386. The van der Waals surface area contributed by atoms with Crippen molar-refractivity contribution in [1.82, 2.24) is 9.88 Å². The molecule has 41 heavy (non-hydrogen) atoms. The third-order valence-electron chi connectivity index (χ3n) is 8.11. The minimum atomic E-state index is -0.309. The molecule has 6 rings (SSSR count). The second kappa shape index (κ2) is 12.2. The van der Waals surface area contributed by atoms with E-state index < -0.39 is 0 Å². The molecule has 8 heteroatoms. The normalized spacial score (nSPS) is 22.6. The Balaban J connectivity index is 1.49. The zero-order valence-corrected chi connectivity index (χ0v) is 25.5. The molecule has 5 atom stereocenters. The van der Waals surface area contributed by atoms with Gasteiger partial charge in [0.1, 0.15) is 23.4 Å². The van der Waals surface area contributed by atoms with Crippen molar-refractivity contribution in [3.05, 3.63) is 66.9 Å². The van der Waals surface area contributed by atoms with Crippen molar-refractivity contribution >= 4 is 34.0 Å². The number of anilines is 1. The SMILES string of the molecule is C=CC1CN2CCC1CC2C(OC(=S)Nc1ccc(OC)cc1OC)c1ccnc2ccc(OCC(C)(C)C)cc12. The van der Waals surface area contributed by atoms with Crippen LogP contribution in [0.5, 0.6) is 17.2 Å². The first-order valence-electron chi connectivity index (χ1n) is 14.3. The Morgan fingerprint density at radius 1 is 1.15 bits per heavy atom. The summed E-state index contributed by atoms with van der Waals surface area (Å²) >= 11 is 5.82. The van der Waals surface area contributed by atoms with Gasteiger partial charge in [-0.1, -0.05) is 26.8 Å². The number of nitrogens with zero attached hydrogens (tertiary/aromatic N) is 2. The van der Waals surface area contributed by atoms with E-state index in [4.69, 9.17) is 31.2 Å². The highest BCUT2D eigenvalue weighted by Gasteiger charge is 2.44. The number of hydrogen-bond donors (Lipinski definition) is 1. The molecule has 0 amide bonds. The van der Waals surface area contributed by atoms with E-state index in [0.29, 0.717) is 35.6 Å². The van der Waals surface area contributed by atoms with Crippen LogP contribution in [0.2, 0.25) is 0 Å². The molecule has 3 aliphatic heterocycles. The molecule has 2 aromatic carbocycles. The van der Waals surface area contributed by atoms with Crippen LogP contribution in [0.25, 0.3) is 10.9 Å². The van der Waals surface area contributed by atoms with Crippen molar-refractivity contribution in [3.63, 3.8) is 0 Å². The van der Waals surface area contributed by atoms with E-state index in [-0.39, 0.29) is 22.7 Å². The monoisotopic (exact) mass is 575 g/mol. The first kappa shape index (κ1) is 29.1. The Morgan fingerprint density at radius 3 is 2.63 bits per heavy atom. The summed E-state index contributed by atoms with van der Waals surface area (Å²) < 4.78 is 23.8. The van der Waals surface area contributed by atoms with Gasteiger partial charge in [-0.25, -0.2) is 0 Å². The number of rotatable bonds is 9. The van der Waals surface area contributed by atoms with Gasteiger partial charge in [0.25, 0.3) is 5.17 Å². The average Bonchev–Trinajstić information content (AvgIpc) is 2.98. The van der Waals surface area contributed by atoms with E-state index in [0.717, 1.165) is 41.7 Å². The summed E-state index contributed by atoms with van der Waals surface area (Å²) in [7, 11) is 3.25. The Bertz CT molecular complexity index is 1400. The molecule has 0 aliphatic carbocycles. The predicted octanol–water partition coefficient (Wildman–Crippen LogP) is 7.03.